The predicted molar refractivity (Wildman–Crippen MR) is 96.4 cm³/mol. The number of amides is 2. The Labute approximate surface area is 172 Å². The lowest BCUT2D eigenvalue weighted by molar-refractivity contribution is -0.139. The van der Waals surface area contributed by atoms with Crippen LogP contribution in [0, 0.1) is 5.92 Å². The molecule has 2 N–H and O–H groups in total. The molecule has 1 aromatic carbocycles. The summed E-state index contributed by atoms with van der Waals surface area (Å²) in [6, 6.07) is 3.89. The van der Waals surface area contributed by atoms with Gasteiger partial charge < -0.3 is 10.6 Å². The molecular weight excluding hydrogens is 428 g/mol. The summed E-state index contributed by atoms with van der Waals surface area (Å²) in [4.78, 5) is 27.8. The van der Waals surface area contributed by atoms with Crippen molar-refractivity contribution in [1.82, 2.24) is 15.6 Å². The fourth-order valence-electron chi connectivity index (χ4n) is 3.28. The van der Waals surface area contributed by atoms with E-state index in [4.69, 9.17) is 0 Å². The van der Waals surface area contributed by atoms with Crippen LogP contribution in [0.25, 0.3) is 0 Å². The first kappa shape index (κ1) is 22.6. The van der Waals surface area contributed by atoms with Crippen molar-refractivity contribution >= 4 is 11.8 Å². The van der Waals surface area contributed by atoms with Crippen molar-refractivity contribution in [2.45, 2.75) is 31.2 Å². The van der Waals surface area contributed by atoms with Crippen molar-refractivity contribution in [3.05, 3.63) is 65.0 Å². The second-order valence-electron chi connectivity index (χ2n) is 7.04. The number of piperidine rings is 1. The number of pyridine rings is 1. The molecule has 1 aromatic heterocycles. The van der Waals surface area contributed by atoms with E-state index >= 15 is 0 Å². The number of halogens is 6. The molecule has 11 heteroatoms. The molecular formula is C20H17F6N3O2. The Morgan fingerprint density at radius 2 is 1.74 bits per heavy atom. The Hall–Kier alpha value is -3.11. The smallest absolute Gasteiger partial charge is 0.355 e. The van der Waals surface area contributed by atoms with Crippen molar-refractivity contribution in [3.63, 3.8) is 0 Å². The highest BCUT2D eigenvalue weighted by atomic mass is 19.4. The highest BCUT2D eigenvalue weighted by molar-refractivity contribution is 5.84. The van der Waals surface area contributed by atoms with E-state index in [9.17, 15) is 35.9 Å². The normalized spacial score (nSPS) is 18.3. The van der Waals surface area contributed by atoms with Crippen LogP contribution in [0.1, 0.15) is 41.3 Å². The van der Waals surface area contributed by atoms with E-state index in [0.717, 1.165) is 42.6 Å². The van der Waals surface area contributed by atoms with Gasteiger partial charge in [-0.25, -0.2) is 0 Å². The SMILES string of the molecule is O=C1CCC(C(=O)NC(c2ccc(C(F)(F)F)cc2)c2ncccc2C(F)(F)F)CN1. The molecule has 0 radical (unpaired) electrons. The quantitative estimate of drug-likeness (QED) is 0.703. The van der Waals surface area contributed by atoms with Gasteiger partial charge in [0.05, 0.1) is 28.8 Å². The highest BCUT2D eigenvalue weighted by Crippen LogP contribution is 2.36. The Morgan fingerprint density at radius 1 is 1.06 bits per heavy atom. The lowest BCUT2D eigenvalue weighted by Crippen LogP contribution is -2.44. The molecule has 1 aliphatic heterocycles. The monoisotopic (exact) mass is 445 g/mol. The Bertz CT molecular complexity index is 947. The molecule has 0 aliphatic carbocycles. The fourth-order valence-corrected chi connectivity index (χ4v) is 3.28. The summed E-state index contributed by atoms with van der Waals surface area (Å²) in [7, 11) is 0. The van der Waals surface area contributed by atoms with E-state index in [1.165, 1.54) is 0 Å². The Balaban J connectivity index is 1.99. The van der Waals surface area contributed by atoms with Crippen molar-refractivity contribution in [2.24, 2.45) is 5.92 Å². The first-order chi connectivity index (χ1) is 14.5. The summed E-state index contributed by atoms with van der Waals surface area (Å²) < 4.78 is 79.2. The van der Waals surface area contributed by atoms with Gasteiger partial charge in [0.25, 0.3) is 0 Å². The summed E-state index contributed by atoms with van der Waals surface area (Å²) in [5.74, 6) is -1.57. The van der Waals surface area contributed by atoms with E-state index in [2.05, 4.69) is 15.6 Å². The van der Waals surface area contributed by atoms with E-state index < -0.39 is 47.0 Å². The van der Waals surface area contributed by atoms with Gasteiger partial charge in [0.2, 0.25) is 11.8 Å². The molecule has 5 nitrogen and oxygen atoms in total. The number of carbonyl (C=O) groups excluding carboxylic acids is 2. The summed E-state index contributed by atoms with van der Waals surface area (Å²) in [6.45, 7) is 0.0126. The standard InChI is InChI=1S/C20H17F6N3O2/c21-19(22,23)13-6-3-11(4-7-13)16(17-14(20(24,25)26)2-1-9-27-17)29-18(31)12-5-8-15(30)28-10-12/h1-4,6-7,9,12,16H,5,8,10H2,(H,28,30)(H,29,31). The second-order valence-corrected chi connectivity index (χ2v) is 7.04. The van der Waals surface area contributed by atoms with E-state index in [-0.39, 0.29) is 30.9 Å². The second kappa shape index (κ2) is 8.56. The third-order valence-corrected chi connectivity index (χ3v) is 4.91. The minimum atomic E-state index is -4.79. The van der Waals surface area contributed by atoms with Crippen molar-refractivity contribution < 1.29 is 35.9 Å². The number of nitrogens with zero attached hydrogens (tertiary/aromatic N) is 1. The molecule has 0 spiro atoms. The molecule has 0 saturated carbocycles. The van der Waals surface area contributed by atoms with Gasteiger partial charge in [-0.1, -0.05) is 12.1 Å². The number of hydrogen-bond acceptors (Lipinski definition) is 3. The van der Waals surface area contributed by atoms with E-state index in [1.807, 2.05) is 0 Å². The van der Waals surface area contributed by atoms with Crippen molar-refractivity contribution in [2.75, 3.05) is 6.54 Å². The summed E-state index contributed by atoms with van der Waals surface area (Å²) in [6.07, 6.45) is -8.03. The zero-order chi connectivity index (χ0) is 22.8. The third-order valence-electron chi connectivity index (χ3n) is 4.91. The Kier molecular flexibility index (Phi) is 6.23. The van der Waals surface area contributed by atoms with Crippen LogP contribution >= 0.6 is 0 Å². The van der Waals surface area contributed by atoms with Crippen LogP contribution < -0.4 is 10.6 Å². The maximum absolute atomic E-state index is 13.5. The number of nitrogens with one attached hydrogen (secondary N) is 2. The molecule has 1 fully saturated rings. The molecule has 2 amide bonds. The summed E-state index contributed by atoms with van der Waals surface area (Å²) >= 11 is 0. The summed E-state index contributed by atoms with van der Waals surface area (Å²) in [5.41, 5.74) is -2.63. The number of alkyl halides is 6. The first-order valence-electron chi connectivity index (χ1n) is 9.23. The predicted octanol–water partition coefficient (Wildman–Crippen LogP) is 3.85. The van der Waals surface area contributed by atoms with Crippen LogP contribution in [0.15, 0.2) is 42.6 Å². The summed E-state index contributed by atoms with van der Waals surface area (Å²) in [5, 5.41) is 4.98. The van der Waals surface area contributed by atoms with Gasteiger partial charge in [0.15, 0.2) is 0 Å². The minimum absolute atomic E-state index is 0.00500. The molecule has 1 aliphatic rings. The molecule has 3 rings (SSSR count). The van der Waals surface area contributed by atoms with Crippen LogP contribution in [0.2, 0.25) is 0 Å². The van der Waals surface area contributed by atoms with Crippen LogP contribution in [-0.4, -0.2) is 23.3 Å². The van der Waals surface area contributed by atoms with Gasteiger partial charge in [-0.2, -0.15) is 26.3 Å². The van der Waals surface area contributed by atoms with Gasteiger partial charge >= 0.3 is 12.4 Å². The molecule has 2 unspecified atom stereocenters. The largest absolute Gasteiger partial charge is 0.418 e. The van der Waals surface area contributed by atoms with Crippen LogP contribution in [0.4, 0.5) is 26.3 Å². The average molecular weight is 445 g/mol. The van der Waals surface area contributed by atoms with Gasteiger partial charge in [0, 0.05) is 19.2 Å². The Morgan fingerprint density at radius 3 is 2.29 bits per heavy atom. The molecule has 166 valence electrons. The van der Waals surface area contributed by atoms with Gasteiger partial charge in [-0.05, 0) is 36.2 Å². The topological polar surface area (TPSA) is 71.1 Å². The molecule has 2 atom stereocenters. The maximum atomic E-state index is 13.5. The minimum Gasteiger partial charge on any atom is -0.355 e. The lowest BCUT2D eigenvalue weighted by Gasteiger charge is -2.27. The molecule has 2 heterocycles. The third kappa shape index (κ3) is 5.33. The first-order valence-corrected chi connectivity index (χ1v) is 9.23. The maximum Gasteiger partial charge on any atom is 0.418 e. The molecule has 2 aromatic rings. The van der Waals surface area contributed by atoms with Gasteiger partial charge in [-0.15, -0.1) is 0 Å². The van der Waals surface area contributed by atoms with Gasteiger partial charge in [0.1, 0.15) is 0 Å². The fraction of sp³-hybridized carbons (Fsp3) is 0.350. The number of benzene rings is 1. The zero-order valence-corrected chi connectivity index (χ0v) is 15.8. The highest BCUT2D eigenvalue weighted by Gasteiger charge is 2.38. The molecule has 0 bridgehead atoms. The number of aromatic nitrogens is 1. The van der Waals surface area contributed by atoms with Crippen molar-refractivity contribution in [1.29, 1.82) is 0 Å². The number of hydrogen-bond donors (Lipinski definition) is 2. The number of carbonyl (C=O) groups is 2. The lowest BCUT2D eigenvalue weighted by atomic mass is 9.94. The average Bonchev–Trinajstić information content (AvgIpc) is 2.71. The van der Waals surface area contributed by atoms with Crippen LogP contribution in [0.3, 0.4) is 0 Å². The molecule has 31 heavy (non-hydrogen) atoms. The van der Waals surface area contributed by atoms with E-state index in [0.29, 0.717) is 0 Å². The van der Waals surface area contributed by atoms with Crippen LogP contribution in [-0.2, 0) is 21.9 Å². The number of rotatable bonds is 4. The molecule has 1 saturated heterocycles. The van der Waals surface area contributed by atoms with E-state index in [1.54, 1.807) is 0 Å². The van der Waals surface area contributed by atoms with Crippen molar-refractivity contribution in [3.8, 4) is 0 Å². The van der Waals surface area contributed by atoms with Crippen LogP contribution in [0.5, 0.6) is 0 Å². The van der Waals surface area contributed by atoms with Gasteiger partial charge in [-0.3, -0.25) is 14.6 Å². The zero-order valence-electron chi connectivity index (χ0n) is 15.8.